The van der Waals surface area contributed by atoms with Crippen LogP contribution in [0.5, 0.6) is 0 Å². The number of carbonyl (C=O) groups excluding carboxylic acids is 1. The Morgan fingerprint density at radius 3 is 2.58 bits per heavy atom. The Morgan fingerprint density at radius 2 is 1.88 bits per heavy atom. The lowest BCUT2D eigenvalue weighted by molar-refractivity contribution is 0.0696. The van der Waals surface area contributed by atoms with Crippen LogP contribution >= 0.6 is 15.9 Å². The van der Waals surface area contributed by atoms with Crippen LogP contribution in [0.25, 0.3) is 11.0 Å². The number of carboxylic acid groups (broad SMARTS) is 1. The largest absolute Gasteiger partial charge is 0.478 e. The number of rotatable bonds is 4. The third-order valence-electron chi connectivity index (χ3n) is 3.24. The Balaban J connectivity index is 1.68. The predicted octanol–water partition coefficient (Wildman–Crippen LogP) is 3.66. The molecule has 1 heterocycles. The van der Waals surface area contributed by atoms with Crippen molar-refractivity contribution in [3.05, 3.63) is 69.9 Å². The molecule has 7 heteroatoms. The summed E-state index contributed by atoms with van der Waals surface area (Å²) >= 11 is 3.36. The van der Waals surface area contributed by atoms with Crippen molar-refractivity contribution in [1.29, 1.82) is 0 Å². The minimum atomic E-state index is -0.997. The van der Waals surface area contributed by atoms with Crippen LogP contribution < -0.4 is 5.43 Å². The summed E-state index contributed by atoms with van der Waals surface area (Å²) < 4.78 is 6.35. The van der Waals surface area contributed by atoms with E-state index in [2.05, 4.69) is 26.5 Å². The molecule has 1 aromatic heterocycles. The molecule has 0 atom stereocenters. The zero-order valence-corrected chi connectivity index (χ0v) is 13.8. The second kappa shape index (κ2) is 6.67. The Kier molecular flexibility index (Phi) is 4.43. The highest BCUT2D eigenvalue weighted by Gasteiger charge is 2.11. The zero-order valence-electron chi connectivity index (χ0n) is 12.2. The molecule has 0 radical (unpaired) electrons. The van der Waals surface area contributed by atoms with Gasteiger partial charge < -0.3 is 9.52 Å². The standard InChI is InChI=1S/C17H11BrN2O4/c18-13-5-6-14-12(7-13)8-15(24-14)16(21)20-19-9-10-1-3-11(4-2-10)17(22)23/h1-9H,(H,20,21)(H,22,23)/b19-9+. The summed E-state index contributed by atoms with van der Waals surface area (Å²) in [5.41, 5.74) is 3.82. The fourth-order valence-corrected chi connectivity index (χ4v) is 2.44. The van der Waals surface area contributed by atoms with Gasteiger partial charge in [-0.05, 0) is 42.0 Å². The van der Waals surface area contributed by atoms with Crippen LogP contribution in [0, 0.1) is 0 Å². The number of hydrogen-bond acceptors (Lipinski definition) is 4. The lowest BCUT2D eigenvalue weighted by Crippen LogP contribution is -2.16. The number of aromatic carboxylic acids is 1. The van der Waals surface area contributed by atoms with Crippen molar-refractivity contribution in [1.82, 2.24) is 5.43 Å². The average molecular weight is 387 g/mol. The van der Waals surface area contributed by atoms with Crippen molar-refractivity contribution in [3.8, 4) is 0 Å². The maximum atomic E-state index is 12.0. The van der Waals surface area contributed by atoms with Crippen molar-refractivity contribution in [2.45, 2.75) is 0 Å². The van der Waals surface area contributed by atoms with E-state index in [0.29, 0.717) is 11.1 Å². The summed E-state index contributed by atoms with van der Waals surface area (Å²) in [6, 6.07) is 13.2. The van der Waals surface area contributed by atoms with Gasteiger partial charge in [0.1, 0.15) is 5.58 Å². The molecule has 0 aliphatic carbocycles. The highest BCUT2D eigenvalue weighted by molar-refractivity contribution is 9.10. The first-order valence-corrected chi connectivity index (χ1v) is 7.68. The molecule has 0 aliphatic heterocycles. The predicted molar refractivity (Wildman–Crippen MR) is 92.4 cm³/mol. The van der Waals surface area contributed by atoms with E-state index in [1.807, 2.05) is 12.1 Å². The molecule has 0 bridgehead atoms. The number of nitrogens with one attached hydrogen (secondary N) is 1. The topological polar surface area (TPSA) is 91.9 Å². The molecule has 3 rings (SSSR count). The van der Waals surface area contributed by atoms with Gasteiger partial charge >= 0.3 is 11.9 Å². The van der Waals surface area contributed by atoms with Gasteiger partial charge in [0.15, 0.2) is 5.76 Å². The van der Waals surface area contributed by atoms with E-state index in [1.54, 1.807) is 24.3 Å². The molecule has 3 aromatic rings. The van der Waals surface area contributed by atoms with Crippen molar-refractivity contribution >= 4 is 45.0 Å². The molecule has 2 aromatic carbocycles. The smallest absolute Gasteiger partial charge is 0.335 e. The molecule has 0 spiro atoms. The van der Waals surface area contributed by atoms with Gasteiger partial charge in [-0.3, -0.25) is 4.79 Å². The second-order valence-electron chi connectivity index (χ2n) is 4.92. The fourth-order valence-electron chi connectivity index (χ4n) is 2.06. The SMILES string of the molecule is O=C(O)c1ccc(/C=N/NC(=O)c2cc3cc(Br)ccc3o2)cc1. The van der Waals surface area contributed by atoms with Crippen molar-refractivity contribution in [2.75, 3.05) is 0 Å². The average Bonchev–Trinajstić information content (AvgIpc) is 2.98. The van der Waals surface area contributed by atoms with Gasteiger partial charge in [0.2, 0.25) is 0 Å². The van der Waals surface area contributed by atoms with Gasteiger partial charge in [0.05, 0.1) is 11.8 Å². The molecule has 0 saturated heterocycles. The molecule has 0 unspecified atom stereocenters. The van der Waals surface area contributed by atoms with E-state index in [0.717, 1.165) is 9.86 Å². The molecule has 0 saturated carbocycles. The van der Waals surface area contributed by atoms with E-state index < -0.39 is 11.9 Å². The summed E-state index contributed by atoms with van der Waals surface area (Å²) in [6.07, 6.45) is 1.42. The van der Waals surface area contributed by atoms with Crippen molar-refractivity contribution < 1.29 is 19.1 Å². The quantitative estimate of drug-likeness (QED) is 0.528. The minimum Gasteiger partial charge on any atom is -0.478 e. The lowest BCUT2D eigenvalue weighted by Gasteiger charge is -1.97. The van der Waals surface area contributed by atoms with E-state index in [1.165, 1.54) is 18.3 Å². The third-order valence-corrected chi connectivity index (χ3v) is 3.73. The van der Waals surface area contributed by atoms with Gasteiger partial charge in [-0.2, -0.15) is 5.10 Å². The molecule has 0 aliphatic rings. The Bertz CT molecular complexity index is 945. The highest BCUT2D eigenvalue weighted by atomic mass is 79.9. The van der Waals surface area contributed by atoms with Crippen LogP contribution in [-0.4, -0.2) is 23.2 Å². The minimum absolute atomic E-state index is 0.154. The van der Waals surface area contributed by atoms with Crippen LogP contribution in [0.15, 0.2) is 62.5 Å². The highest BCUT2D eigenvalue weighted by Crippen LogP contribution is 2.23. The molecular weight excluding hydrogens is 376 g/mol. The normalized spacial score (nSPS) is 11.0. The number of fused-ring (bicyclic) bond motifs is 1. The Hall–Kier alpha value is -2.93. The summed E-state index contributed by atoms with van der Waals surface area (Å²) in [4.78, 5) is 22.8. The van der Waals surface area contributed by atoms with E-state index in [9.17, 15) is 9.59 Å². The summed E-state index contributed by atoms with van der Waals surface area (Å²) in [5.74, 6) is -1.31. The zero-order chi connectivity index (χ0) is 17.1. The Morgan fingerprint density at radius 1 is 1.12 bits per heavy atom. The monoisotopic (exact) mass is 386 g/mol. The number of benzene rings is 2. The van der Waals surface area contributed by atoms with Gasteiger partial charge in [-0.15, -0.1) is 0 Å². The number of amides is 1. The maximum Gasteiger partial charge on any atom is 0.335 e. The number of hydrogen-bond donors (Lipinski definition) is 2. The first kappa shape index (κ1) is 15.9. The van der Waals surface area contributed by atoms with Gasteiger partial charge in [0.25, 0.3) is 0 Å². The molecule has 6 nitrogen and oxygen atoms in total. The van der Waals surface area contributed by atoms with Crippen LogP contribution in [0.4, 0.5) is 0 Å². The van der Waals surface area contributed by atoms with Gasteiger partial charge in [-0.25, -0.2) is 10.2 Å². The summed E-state index contributed by atoms with van der Waals surface area (Å²) in [7, 11) is 0. The molecule has 0 fully saturated rings. The van der Waals surface area contributed by atoms with Gasteiger partial charge in [-0.1, -0.05) is 28.1 Å². The molecular formula is C17H11BrN2O4. The van der Waals surface area contributed by atoms with Crippen LogP contribution in [0.2, 0.25) is 0 Å². The fraction of sp³-hybridized carbons (Fsp3) is 0. The summed E-state index contributed by atoms with van der Waals surface area (Å²) in [6.45, 7) is 0. The number of nitrogens with zero attached hydrogens (tertiary/aromatic N) is 1. The Labute approximate surface area is 144 Å². The molecule has 1 amide bonds. The number of hydrazone groups is 1. The van der Waals surface area contributed by atoms with Crippen LogP contribution in [0.1, 0.15) is 26.5 Å². The van der Waals surface area contributed by atoms with Crippen molar-refractivity contribution in [3.63, 3.8) is 0 Å². The third kappa shape index (κ3) is 3.52. The second-order valence-corrected chi connectivity index (χ2v) is 5.83. The first-order chi connectivity index (χ1) is 11.5. The van der Waals surface area contributed by atoms with E-state index in [4.69, 9.17) is 9.52 Å². The number of halogens is 1. The van der Waals surface area contributed by atoms with Crippen molar-refractivity contribution in [2.24, 2.45) is 5.10 Å². The van der Waals surface area contributed by atoms with Crippen LogP contribution in [-0.2, 0) is 0 Å². The van der Waals surface area contributed by atoms with E-state index >= 15 is 0 Å². The number of carbonyl (C=O) groups is 2. The summed E-state index contributed by atoms with van der Waals surface area (Å²) in [5, 5.41) is 13.5. The molecule has 2 N–H and O–H groups in total. The first-order valence-electron chi connectivity index (χ1n) is 6.89. The number of carboxylic acids is 1. The molecule has 120 valence electrons. The molecule has 24 heavy (non-hydrogen) atoms. The maximum absolute atomic E-state index is 12.0. The van der Waals surface area contributed by atoms with Gasteiger partial charge in [0, 0.05) is 9.86 Å². The van der Waals surface area contributed by atoms with E-state index in [-0.39, 0.29) is 11.3 Å². The lowest BCUT2D eigenvalue weighted by atomic mass is 10.1. The number of furan rings is 1. The van der Waals surface area contributed by atoms with Crippen LogP contribution in [0.3, 0.4) is 0 Å².